The van der Waals surface area contributed by atoms with Crippen LogP contribution in [0.25, 0.3) is 0 Å². The number of amides is 2. The average Bonchev–Trinajstić information content (AvgIpc) is 2.99. The van der Waals surface area contributed by atoms with Gasteiger partial charge in [-0.2, -0.15) is 0 Å². The Morgan fingerprint density at radius 3 is 2.67 bits per heavy atom. The van der Waals surface area contributed by atoms with E-state index < -0.39 is 0 Å². The van der Waals surface area contributed by atoms with Gasteiger partial charge in [-0.05, 0) is 31.2 Å². The first-order valence-corrected chi connectivity index (χ1v) is 7.14. The highest BCUT2D eigenvalue weighted by Crippen LogP contribution is 2.12. The van der Waals surface area contributed by atoms with E-state index in [1.165, 1.54) is 16.8 Å². The quantitative estimate of drug-likeness (QED) is 0.839. The summed E-state index contributed by atoms with van der Waals surface area (Å²) in [7, 11) is 0. The molecule has 1 aromatic carbocycles. The van der Waals surface area contributed by atoms with E-state index in [-0.39, 0.29) is 18.4 Å². The van der Waals surface area contributed by atoms with E-state index in [0.717, 1.165) is 0 Å². The van der Waals surface area contributed by atoms with Crippen molar-refractivity contribution in [1.82, 2.24) is 15.5 Å². The molecule has 0 aliphatic heterocycles. The van der Waals surface area contributed by atoms with Gasteiger partial charge in [-0.15, -0.1) is 10.2 Å². The van der Waals surface area contributed by atoms with Crippen molar-refractivity contribution in [2.24, 2.45) is 0 Å². The van der Waals surface area contributed by atoms with E-state index in [4.69, 9.17) is 4.74 Å². The van der Waals surface area contributed by atoms with Crippen LogP contribution in [0.3, 0.4) is 0 Å². The molecule has 0 unspecified atom stereocenters. The number of nitrogens with one attached hydrogen (secondary N) is 2. The Balaban J connectivity index is 1.82. The zero-order chi connectivity index (χ0) is 15.1. The Morgan fingerprint density at radius 1 is 1.29 bits per heavy atom. The van der Waals surface area contributed by atoms with Crippen LogP contribution < -0.4 is 15.4 Å². The Bertz CT molecular complexity index is 598. The lowest BCUT2D eigenvalue weighted by Gasteiger charge is -2.06. The molecule has 0 spiro atoms. The number of aromatic nitrogens is 2. The highest BCUT2D eigenvalue weighted by molar-refractivity contribution is 7.13. The summed E-state index contributed by atoms with van der Waals surface area (Å²) in [5.74, 6) is 0.0135. The van der Waals surface area contributed by atoms with E-state index in [1.807, 2.05) is 6.92 Å². The van der Waals surface area contributed by atoms with Gasteiger partial charge in [0.1, 0.15) is 11.3 Å². The summed E-state index contributed by atoms with van der Waals surface area (Å²) >= 11 is 1.21. The number of carbonyl (C=O) groups is 2. The van der Waals surface area contributed by atoms with Gasteiger partial charge in [0, 0.05) is 5.56 Å². The van der Waals surface area contributed by atoms with Crippen LogP contribution in [0.5, 0.6) is 5.75 Å². The minimum Gasteiger partial charge on any atom is -0.494 e. The van der Waals surface area contributed by atoms with Crippen molar-refractivity contribution in [2.75, 3.05) is 18.5 Å². The number of nitrogens with zero attached hydrogens (tertiary/aromatic N) is 2. The molecule has 2 N–H and O–H groups in total. The molecule has 110 valence electrons. The van der Waals surface area contributed by atoms with Crippen LogP contribution in [-0.4, -0.2) is 35.2 Å². The summed E-state index contributed by atoms with van der Waals surface area (Å²) < 4.78 is 5.29. The molecule has 1 aromatic heterocycles. The number of hydrogen-bond acceptors (Lipinski definition) is 6. The molecule has 21 heavy (non-hydrogen) atoms. The number of rotatable bonds is 6. The number of ether oxygens (including phenoxy) is 1. The lowest BCUT2D eigenvalue weighted by Crippen LogP contribution is -2.32. The van der Waals surface area contributed by atoms with Crippen molar-refractivity contribution in [3.05, 3.63) is 35.3 Å². The van der Waals surface area contributed by atoms with Gasteiger partial charge in [0.25, 0.3) is 5.91 Å². The third-order valence-electron chi connectivity index (χ3n) is 2.44. The largest absolute Gasteiger partial charge is 0.494 e. The van der Waals surface area contributed by atoms with Crippen molar-refractivity contribution < 1.29 is 14.3 Å². The van der Waals surface area contributed by atoms with Crippen molar-refractivity contribution in [1.29, 1.82) is 0 Å². The highest BCUT2D eigenvalue weighted by atomic mass is 32.1. The molecule has 0 saturated carbocycles. The van der Waals surface area contributed by atoms with Crippen molar-refractivity contribution in [3.8, 4) is 5.75 Å². The molecule has 0 atom stereocenters. The summed E-state index contributed by atoms with van der Waals surface area (Å²) in [4.78, 5) is 23.4. The molecule has 7 nitrogen and oxygen atoms in total. The second-order valence-corrected chi connectivity index (χ2v) is 4.77. The zero-order valence-electron chi connectivity index (χ0n) is 11.3. The molecule has 2 rings (SSSR count). The van der Waals surface area contributed by atoms with Gasteiger partial charge >= 0.3 is 0 Å². The van der Waals surface area contributed by atoms with E-state index in [1.54, 1.807) is 24.3 Å². The van der Waals surface area contributed by atoms with Crippen LogP contribution in [-0.2, 0) is 4.79 Å². The monoisotopic (exact) mass is 306 g/mol. The smallest absolute Gasteiger partial charge is 0.251 e. The number of hydrogen-bond donors (Lipinski definition) is 2. The van der Waals surface area contributed by atoms with Crippen molar-refractivity contribution >= 4 is 28.3 Å². The van der Waals surface area contributed by atoms with Gasteiger partial charge in [-0.1, -0.05) is 11.3 Å². The van der Waals surface area contributed by atoms with Crippen LogP contribution >= 0.6 is 11.3 Å². The molecule has 0 fully saturated rings. The Hall–Kier alpha value is -2.48. The second kappa shape index (κ2) is 7.34. The molecule has 0 radical (unpaired) electrons. The Labute approximate surface area is 125 Å². The standard InChI is InChI=1S/C13H14N4O3S/c1-2-20-10-5-3-9(4-6-10)12(19)14-7-11(18)16-13-17-15-8-21-13/h3-6,8H,2,7H2,1H3,(H,14,19)(H,16,17,18). The fourth-order valence-electron chi connectivity index (χ4n) is 1.52. The molecule has 8 heteroatoms. The van der Waals surface area contributed by atoms with Crippen LogP contribution in [0.1, 0.15) is 17.3 Å². The minimum absolute atomic E-state index is 0.133. The van der Waals surface area contributed by atoms with Gasteiger partial charge in [0.2, 0.25) is 11.0 Å². The second-order valence-electron chi connectivity index (χ2n) is 3.93. The maximum atomic E-state index is 11.9. The van der Waals surface area contributed by atoms with Gasteiger partial charge in [-0.3, -0.25) is 14.9 Å². The van der Waals surface area contributed by atoms with Crippen LogP contribution in [0.2, 0.25) is 0 Å². The van der Waals surface area contributed by atoms with E-state index in [9.17, 15) is 9.59 Å². The lowest BCUT2D eigenvalue weighted by atomic mass is 10.2. The summed E-state index contributed by atoms with van der Waals surface area (Å²) in [5, 5.41) is 12.7. The summed E-state index contributed by atoms with van der Waals surface area (Å²) in [6, 6.07) is 6.70. The molecule has 0 aliphatic rings. The Kier molecular flexibility index (Phi) is 5.22. The molecule has 0 aliphatic carbocycles. The maximum absolute atomic E-state index is 11.9. The topological polar surface area (TPSA) is 93.2 Å². The van der Waals surface area contributed by atoms with Gasteiger partial charge in [0.05, 0.1) is 13.2 Å². The lowest BCUT2D eigenvalue weighted by molar-refractivity contribution is -0.115. The third kappa shape index (κ3) is 4.53. The van der Waals surface area contributed by atoms with Crippen LogP contribution in [0.15, 0.2) is 29.8 Å². The zero-order valence-corrected chi connectivity index (χ0v) is 12.1. The van der Waals surface area contributed by atoms with Crippen LogP contribution in [0.4, 0.5) is 5.13 Å². The molecule has 2 amide bonds. The van der Waals surface area contributed by atoms with E-state index >= 15 is 0 Å². The fourth-order valence-corrected chi connectivity index (χ4v) is 1.98. The Morgan fingerprint density at radius 2 is 2.05 bits per heavy atom. The molecule has 2 aromatic rings. The van der Waals surface area contributed by atoms with E-state index in [0.29, 0.717) is 23.1 Å². The predicted molar refractivity (Wildman–Crippen MR) is 78.5 cm³/mol. The maximum Gasteiger partial charge on any atom is 0.251 e. The SMILES string of the molecule is CCOc1ccc(C(=O)NCC(=O)Nc2nncs2)cc1. The predicted octanol–water partition coefficient (Wildman–Crippen LogP) is 1.31. The summed E-state index contributed by atoms with van der Waals surface area (Å²) in [5.41, 5.74) is 1.97. The average molecular weight is 306 g/mol. The van der Waals surface area contributed by atoms with Gasteiger partial charge < -0.3 is 10.1 Å². The number of carbonyl (C=O) groups excluding carboxylic acids is 2. The fraction of sp³-hybridized carbons (Fsp3) is 0.231. The first-order valence-electron chi connectivity index (χ1n) is 6.26. The molecule has 1 heterocycles. The van der Waals surface area contributed by atoms with Crippen LogP contribution in [0, 0.1) is 0 Å². The van der Waals surface area contributed by atoms with Crippen molar-refractivity contribution in [2.45, 2.75) is 6.92 Å². The normalized spacial score (nSPS) is 9.95. The minimum atomic E-state index is -0.356. The first-order chi connectivity index (χ1) is 10.2. The molecular formula is C13H14N4O3S. The summed E-state index contributed by atoms with van der Waals surface area (Å²) in [6.45, 7) is 2.32. The first kappa shape index (κ1) is 14.9. The molecule has 0 saturated heterocycles. The highest BCUT2D eigenvalue weighted by Gasteiger charge is 2.09. The third-order valence-corrected chi connectivity index (χ3v) is 3.05. The van der Waals surface area contributed by atoms with Gasteiger partial charge in [0.15, 0.2) is 0 Å². The number of anilines is 1. The number of benzene rings is 1. The van der Waals surface area contributed by atoms with Gasteiger partial charge in [-0.25, -0.2) is 0 Å². The summed E-state index contributed by atoms with van der Waals surface area (Å²) in [6.07, 6.45) is 0. The molecule has 0 bridgehead atoms. The van der Waals surface area contributed by atoms with Crippen molar-refractivity contribution in [3.63, 3.8) is 0 Å². The van der Waals surface area contributed by atoms with E-state index in [2.05, 4.69) is 20.8 Å². The molecular weight excluding hydrogens is 292 g/mol.